The van der Waals surface area contributed by atoms with E-state index in [-0.39, 0.29) is 62.4 Å². The SMILES string of the molecule is C=C(CCc1nnc([C@H]2C[C@@H](OC(F)(F)F)C2)o1)NC(=O)[C@H]1C[C@@H]2CN(CC(F)(F)F)C[C@@H]2O1. The second kappa shape index (κ2) is 9.46. The van der Waals surface area contributed by atoms with Crippen molar-refractivity contribution in [1.82, 2.24) is 20.4 Å². The van der Waals surface area contributed by atoms with Crippen LogP contribution in [0.5, 0.6) is 0 Å². The molecule has 1 N–H and O–H groups in total. The highest BCUT2D eigenvalue weighted by Crippen LogP contribution is 2.40. The lowest BCUT2D eigenvalue weighted by atomic mass is 9.82. The molecule has 3 fully saturated rings. The van der Waals surface area contributed by atoms with Crippen molar-refractivity contribution in [2.75, 3.05) is 19.6 Å². The number of allylic oxidation sites excluding steroid dienone is 1. The molecular weight excluding hydrogens is 474 g/mol. The van der Waals surface area contributed by atoms with Crippen LogP contribution in [-0.2, 0) is 20.7 Å². The normalized spacial score (nSPS) is 29.6. The largest absolute Gasteiger partial charge is 0.522 e. The van der Waals surface area contributed by atoms with Gasteiger partial charge in [-0.15, -0.1) is 23.4 Å². The molecule has 190 valence electrons. The van der Waals surface area contributed by atoms with Crippen molar-refractivity contribution in [3.63, 3.8) is 0 Å². The minimum absolute atomic E-state index is 0.129. The molecule has 4 rings (SSSR count). The molecule has 0 spiro atoms. The van der Waals surface area contributed by atoms with Gasteiger partial charge in [-0.2, -0.15) is 13.2 Å². The lowest BCUT2D eigenvalue weighted by Gasteiger charge is -2.32. The fraction of sp³-hybridized carbons (Fsp3) is 0.750. The van der Waals surface area contributed by atoms with Crippen LogP contribution in [0.15, 0.2) is 16.7 Å². The van der Waals surface area contributed by atoms with Crippen molar-refractivity contribution in [3.05, 3.63) is 24.1 Å². The number of carbonyl (C=O) groups is 1. The predicted molar refractivity (Wildman–Crippen MR) is 102 cm³/mol. The average Bonchev–Trinajstić information content (AvgIpc) is 3.35. The first-order valence-electron chi connectivity index (χ1n) is 10.8. The third-order valence-corrected chi connectivity index (χ3v) is 6.18. The van der Waals surface area contributed by atoms with Gasteiger partial charge in [0.2, 0.25) is 11.8 Å². The minimum Gasteiger partial charge on any atom is -0.425 e. The maximum Gasteiger partial charge on any atom is 0.522 e. The molecule has 0 bridgehead atoms. The number of nitrogens with one attached hydrogen (secondary N) is 1. The Morgan fingerprint density at radius 2 is 1.88 bits per heavy atom. The van der Waals surface area contributed by atoms with Gasteiger partial charge in [-0.25, -0.2) is 0 Å². The third kappa shape index (κ3) is 6.48. The number of hydrogen-bond donors (Lipinski definition) is 1. The van der Waals surface area contributed by atoms with Gasteiger partial charge in [-0.3, -0.25) is 14.4 Å². The first kappa shape index (κ1) is 24.9. The van der Waals surface area contributed by atoms with E-state index < -0.39 is 43.3 Å². The van der Waals surface area contributed by atoms with Crippen molar-refractivity contribution in [2.45, 2.75) is 68.9 Å². The summed E-state index contributed by atoms with van der Waals surface area (Å²) in [6.45, 7) is 3.17. The zero-order valence-electron chi connectivity index (χ0n) is 18.0. The molecule has 0 aromatic carbocycles. The van der Waals surface area contributed by atoms with Crippen molar-refractivity contribution in [3.8, 4) is 0 Å². The third-order valence-electron chi connectivity index (χ3n) is 6.18. The van der Waals surface area contributed by atoms with Gasteiger partial charge >= 0.3 is 12.5 Å². The first-order valence-corrected chi connectivity index (χ1v) is 10.8. The van der Waals surface area contributed by atoms with Gasteiger partial charge in [0, 0.05) is 37.0 Å². The number of aromatic nitrogens is 2. The summed E-state index contributed by atoms with van der Waals surface area (Å²) < 4.78 is 89.3. The van der Waals surface area contributed by atoms with Crippen LogP contribution in [0.25, 0.3) is 0 Å². The summed E-state index contributed by atoms with van der Waals surface area (Å²) >= 11 is 0. The van der Waals surface area contributed by atoms with Gasteiger partial charge in [0.1, 0.15) is 6.10 Å². The Morgan fingerprint density at radius 3 is 2.53 bits per heavy atom. The number of halogens is 6. The van der Waals surface area contributed by atoms with E-state index in [4.69, 9.17) is 9.15 Å². The molecule has 14 heteroatoms. The van der Waals surface area contributed by atoms with Crippen LogP contribution in [0.3, 0.4) is 0 Å². The number of hydrogen-bond acceptors (Lipinski definition) is 7. The van der Waals surface area contributed by atoms with Gasteiger partial charge < -0.3 is 14.5 Å². The molecule has 0 radical (unpaired) electrons. The van der Waals surface area contributed by atoms with E-state index in [9.17, 15) is 31.1 Å². The molecule has 8 nitrogen and oxygen atoms in total. The fourth-order valence-electron chi connectivity index (χ4n) is 4.56. The van der Waals surface area contributed by atoms with Crippen LogP contribution in [0.1, 0.15) is 43.4 Å². The summed E-state index contributed by atoms with van der Waals surface area (Å²) in [6, 6.07) is 0. The molecule has 2 aliphatic heterocycles. The number of nitrogens with zero attached hydrogens (tertiary/aromatic N) is 3. The molecular formula is C20H24F6N4O4. The molecule has 1 amide bonds. The molecule has 3 atom stereocenters. The van der Waals surface area contributed by atoms with E-state index in [1.54, 1.807) is 0 Å². The van der Waals surface area contributed by atoms with Crippen molar-refractivity contribution >= 4 is 5.91 Å². The van der Waals surface area contributed by atoms with Crippen LogP contribution in [0.2, 0.25) is 0 Å². The highest BCUT2D eigenvalue weighted by Gasteiger charge is 2.46. The van der Waals surface area contributed by atoms with E-state index in [0.717, 1.165) is 0 Å². The van der Waals surface area contributed by atoms with Gasteiger partial charge in [-0.1, -0.05) is 6.58 Å². The number of amides is 1. The van der Waals surface area contributed by atoms with E-state index in [1.807, 2.05) is 0 Å². The molecule has 1 aromatic heterocycles. The summed E-state index contributed by atoms with van der Waals surface area (Å²) in [6.07, 6.45) is -9.84. The Kier molecular flexibility index (Phi) is 6.93. The molecule has 3 aliphatic rings. The smallest absolute Gasteiger partial charge is 0.425 e. The topological polar surface area (TPSA) is 89.7 Å². The van der Waals surface area contributed by atoms with Crippen LogP contribution in [0.4, 0.5) is 26.3 Å². The Bertz CT molecular complexity index is 884. The number of alkyl halides is 6. The zero-order valence-corrected chi connectivity index (χ0v) is 18.0. The quantitative estimate of drug-likeness (QED) is 0.551. The van der Waals surface area contributed by atoms with E-state index in [1.165, 1.54) is 4.90 Å². The number of carbonyl (C=O) groups excluding carboxylic acids is 1. The van der Waals surface area contributed by atoms with Crippen LogP contribution in [0, 0.1) is 5.92 Å². The molecule has 3 heterocycles. The number of aryl methyl sites for hydroxylation is 1. The summed E-state index contributed by atoms with van der Waals surface area (Å²) in [5.41, 5.74) is 0.381. The van der Waals surface area contributed by atoms with E-state index >= 15 is 0 Å². The van der Waals surface area contributed by atoms with Crippen LogP contribution in [-0.4, -0.2) is 71.5 Å². The average molecular weight is 498 g/mol. The summed E-state index contributed by atoms with van der Waals surface area (Å²) in [4.78, 5) is 13.7. The van der Waals surface area contributed by atoms with Crippen LogP contribution >= 0.6 is 0 Å². The number of ether oxygens (including phenoxy) is 2. The molecule has 0 unspecified atom stereocenters. The van der Waals surface area contributed by atoms with Crippen molar-refractivity contribution in [1.29, 1.82) is 0 Å². The summed E-state index contributed by atoms with van der Waals surface area (Å²) in [5, 5.41) is 10.4. The zero-order chi connectivity index (χ0) is 24.7. The second-order valence-electron chi connectivity index (χ2n) is 8.95. The standard InChI is InChI=1S/C20H24F6N4O4/c1-10(2-3-16-28-29-18(33-16)11-4-13(5-11)34-20(24,25)26)27-17(31)14-6-12-7-30(8-15(12)32-14)9-19(21,22)23/h11-15H,1-9H2,(H,27,31)/t11-,12-,13+,14-,15+/m1/s1. The Labute approximate surface area is 190 Å². The number of likely N-dealkylation sites (tertiary alicyclic amines) is 1. The van der Waals surface area contributed by atoms with E-state index in [0.29, 0.717) is 12.1 Å². The number of rotatable bonds is 8. The lowest BCUT2D eigenvalue weighted by molar-refractivity contribution is -0.352. The fourth-order valence-corrected chi connectivity index (χ4v) is 4.56. The lowest BCUT2D eigenvalue weighted by Crippen LogP contribution is -2.37. The van der Waals surface area contributed by atoms with Crippen molar-refractivity contribution < 1.29 is 45.0 Å². The monoisotopic (exact) mass is 498 g/mol. The number of fused-ring (bicyclic) bond motifs is 1. The first-order chi connectivity index (χ1) is 15.8. The maximum atomic E-state index is 12.5. The van der Waals surface area contributed by atoms with Gasteiger partial charge in [0.15, 0.2) is 0 Å². The highest BCUT2D eigenvalue weighted by molar-refractivity contribution is 5.82. The Hall–Kier alpha value is -2.19. The molecule has 1 aliphatic carbocycles. The van der Waals surface area contributed by atoms with Gasteiger partial charge in [-0.05, 0) is 25.7 Å². The highest BCUT2D eigenvalue weighted by atomic mass is 19.4. The van der Waals surface area contributed by atoms with E-state index in [2.05, 4.69) is 26.8 Å². The molecule has 34 heavy (non-hydrogen) atoms. The summed E-state index contributed by atoms with van der Waals surface area (Å²) in [5.74, 6) is -0.310. The minimum atomic E-state index is -4.67. The molecule has 1 aromatic rings. The van der Waals surface area contributed by atoms with Crippen LogP contribution < -0.4 is 5.32 Å². The predicted octanol–water partition coefficient (Wildman–Crippen LogP) is 3.07. The molecule has 1 saturated carbocycles. The van der Waals surface area contributed by atoms with Gasteiger partial charge in [0.05, 0.1) is 18.8 Å². The second-order valence-corrected chi connectivity index (χ2v) is 8.95. The van der Waals surface area contributed by atoms with Gasteiger partial charge in [0.25, 0.3) is 5.91 Å². The Balaban J connectivity index is 1.15. The van der Waals surface area contributed by atoms with Crippen molar-refractivity contribution in [2.24, 2.45) is 5.92 Å². The molecule has 2 saturated heterocycles. The Morgan fingerprint density at radius 1 is 1.15 bits per heavy atom. The maximum absolute atomic E-state index is 12.5. The summed E-state index contributed by atoms with van der Waals surface area (Å²) in [7, 11) is 0.